The molecule has 3 aromatic carbocycles. The van der Waals surface area contributed by atoms with Crippen LogP contribution in [-0.4, -0.2) is 21.1 Å². The molecule has 0 atom stereocenters. The third-order valence-corrected chi connectivity index (χ3v) is 4.96. The number of benzene rings is 3. The van der Waals surface area contributed by atoms with Gasteiger partial charge >= 0.3 is 0 Å². The number of carbonyl (C=O) groups is 1. The lowest BCUT2D eigenvalue weighted by molar-refractivity contribution is 0.102. The van der Waals surface area contributed by atoms with Gasteiger partial charge in [0.15, 0.2) is 5.58 Å². The van der Waals surface area contributed by atoms with Crippen LogP contribution in [0.3, 0.4) is 0 Å². The lowest BCUT2D eigenvalue weighted by Crippen LogP contribution is -2.13. The van der Waals surface area contributed by atoms with Gasteiger partial charge in [-0.05, 0) is 48.9 Å². The molecule has 0 aliphatic heterocycles. The minimum absolute atomic E-state index is 0.00590. The van der Waals surface area contributed by atoms with Gasteiger partial charge in [0.2, 0.25) is 5.89 Å². The number of aromatic amines is 1. The normalized spacial score (nSPS) is 11.0. The van der Waals surface area contributed by atoms with Crippen molar-refractivity contribution in [2.45, 2.75) is 6.92 Å². The highest BCUT2D eigenvalue weighted by atomic mass is 19.1. The van der Waals surface area contributed by atoms with E-state index in [0.717, 1.165) is 27.9 Å². The zero-order valence-electron chi connectivity index (χ0n) is 16.5. The highest BCUT2D eigenvalue weighted by molar-refractivity contribution is 6.04. The van der Waals surface area contributed by atoms with E-state index in [0.29, 0.717) is 17.2 Å². The van der Waals surface area contributed by atoms with Gasteiger partial charge in [0.1, 0.15) is 11.3 Å². The highest BCUT2D eigenvalue weighted by Crippen LogP contribution is 2.32. The van der Waals surface area contributed by atoms with Gasteiger partial charge in [-0.3, -0.25) is 9.89 Å². The van der Waals surface area contributed by atoms with E-state index in [-0.39, 0.29) is 5.56 Å². The summed E-state index contributed by atoms with van der Waals surface area (Å²) in [6.45, 7) is 2.00. The molecule has 2 heterocycles. The summed E-state index contributed by atoms with van der Waals surface area (Å²) in [6, 6.07) is 18.9. The maximum Gasteiger partial charge on any atom is 0.258 e. The summed E-state index contributed by atoms with van der Waals surface area (Å²) < 4.78 is 19.7. The number of anilines is 1. The number of amides is 1. The van der Waals surface area contributed by atoms with E-state index in [2.05, 4.69) is 20.5 Å². The second-order valence-electron chi connectivity index (χ2n) is 7.16. The Morgan fingerprint density at radius 2 is 1.87 bits per heavy atom. The molecule has 7 heteroatoms. The second kappa shape index (κ2) is 7.53. The summed E-state index contributed by atoms with van der Waals surface area (Å²) in [5.41, 5.74) is 5.45. The van der Waals surface area contributed by atoms with Crippen LogP contribution < -0.4 is 5.32 Å². The summed E-state index contributed by atoms with van der Waals surface area (Å²) in [7, 11) is 0. The molecule has 152 valence electrons. The molecule has 0 saturated carbocycles. The fourth-order valence-corrected chi connectivity index (χ4v) is 3.38. The Labute approximate surface area is 176 Å². The molecule has 0 radical (unpaired) electrons. The van der Waals surface area contributed by atoms with Crippen LogP contribution in [0.5, 0.6) is 0 Å². The standard InChI is InChI=1S/C24H17FN4O2/c1-14-6-11-20-21(12-14)31-24(28-20)18-13-26-29-22(18)15-7-9-16(10-8-15)27-23(30)17-4-2-3-5-19(17)25/h2-13H,1H3,(H,26,29)(H,27,30). The van der Waals surface area contributed by atoms with Crippen molar-refractivity contribution in [3.63, 3.8) is 0 Å². The number of oxazole rings is 1. The second-order valence-corrected chi connectivity index (χ2v) is 7.16. The zero-order valence-corrected chi connectivity index (χ0v) is 16.5. The molecule has 0 bridgehead atoms. The van der Waals surface area contributed by atoms with Crippen molar-refractivity contribution < 1.29 is 13.6 Å². The Kier molecular flexibility index (Phi) is 4.55. The molecule has 2 N–H and O–H groups in total. The summed E-state index contributed by atoms with van der Waals surface area (Å²) in [5.74, 6) is -0.594. The molecule has 0 saturated heterocycles. The van der Waals surface area contributed by atoms with Crippen molar-refractivity contribution in [2.75, 3.05) is 5.32 Å². The van der Waals surface area contributed by atoms with Crippen LogP contribution in [0.15, 0.2) is 77.3 Å². The fourth-order valence-electron chi connectivity index (χ4n) is 3.38. The van der Waals surface area contributed by atoms with Gasteiger partial charge in [-0.15, -0.1) is 0 Å². The van der Waals surface area contributed by atoms with Gasteiger partial charge in [-0.2, -0.15) is 5.10 Å². The van der Waals surface area contributed by atoms with Gasteiger partial charge in [-0.1, -0.05) is 30.3 Å². The molecule has 2 aromatic heterocycles. The molecule has 6 nitrogen and oxygen atoms in total. The van der Waals surface area contributed by atoms with E-state index in [1.165, 1.54) is 12.1 Å². The van der Waals surface area contributed by atoms with Crippen molar-refractivity contribution in [1.82, 2.24) is 15.2 Å². The van der Waals surface area contributed by atoms with Crippen LogP contribution in [0, 0.1) is 12.7 Å². The van der Waals surface area contributed by atoms with Gasteiger partial charge in [0, 0.05) is 11.3 Å². The fraction of sp³-hybridized carbons (Fsp3) is 0.0417. The number of halogens is 1. The Hall–Kier alpha value is -4.26. The number of carbonyl (C=O) groups excluding carboxylic acids is 1. The third-order valence-electron chi connectivity index (χ3n) is 4.96. The maximum atomic E-state index is 13.8. The molecule has 0 fully saturated rings. The number of hydrogen-bond donors (Lipinski definition) is 2. The number of rotatable bonds is 4. The first-order valence-electron chi connectivity index (χ1n) is 9.66. The van der Waals surface area contributed by atoms with Gasteiger partial charge in [0.05, 0.1) is 23.0 Å². The Bertz CT molecular complexity index is 1400. The van der Waals surface area contributed by atoms with Gasteiger partial charge < -0.3 is 9.73 Å². The van der Waals surface area contributed by atoms with Crippen molar-refractivity contribution in [3.8, 4) is 22.7 Å². The number of nitrogens with zero attached hydrogens (tertiary/aromatic N) is 2. The molecule has 5 aromatic rings. The van der Waals surface area contributed by atoms with Crippen LogP contribution in [0.1, 0.15) is 15.9 Å². The van der Waals surface area contributed by atoms with Gasteiger partial charge in [0.25, 0.3) is 5.91 Å². The van der Waals surface area contributed by atoms with E-state index < -0.39 is 11.7 Å². The van der Waals surface area contributed by atoms with E-state index in [4.69, 9.17) is 4.42 Å². The van der Waals surface area contributed by atoms with Crippen LogP contribution in [0.2, 0.25) is 0 Å². The van der Waals surface area contributed by atoms with Crippen LogP contribution in [0.4, 0.5) is 10.1 Å². The first kappa shape index (κ1) is 18.7. The monoisotopic (exact) mass is 412 g/mol. The predicted octanol–water partition coefficient (Wildman–Crippen LogP) is 5.58. The first-order valence-corrected chi connectivity index (χ1v) is 9.66. The molecule has 0 aliphatic carbocycles. The van der Waals surface area contributed by atoms with E-state index in [1.807, 2.05) is 37.3 Å². The Morgan fingerprint density at radius 1 is 1.06 bits per heavy atom. The maximum absolute atomic E-state index is 13.8. The summed E-state index contributed by atoms with van der Waals surface area (Å²) in [6.07, 6.45) is 1.67. The average molecular weight is 412 g/mol. The van der Waals surface area contributed by atoms with E-state index in [9.17, 15) is 9.18 Å². The quantitative estimate of drug-likeness (QED) is 0.403. The van der Waals surface area contributed by atoms with Crippen LogP contribution >= 0.6 is 0 Å². The number of H-pyrrole nitrogens is 1. The summed E-state index contributed by atoms with van der Waals surface area (Å²) in [5, 5.41) is 9.83. The average Bonchev–Trinajstić information content (AvgIpc) is 3.41. The lowest BCUT2D eigenvalue weighted by Gasteiger charge is -2.07. The van der Waals surface area contributed by atoms with Crippen molar-refractivity contribution in [3.05, 3.63) is 89.9 Å². The minimum Gasteiger partial charge on any atom is -0.436 e. The molecule has 0 unspecified atom stereocenters. The molecule has 31 heavy (non-hydrogen) atoms. The minimum atomic E-state index is -0.563. The topological polar surface area (TPSA) is 83.8 Å². The smallest absolute Gasteiger partial charge is 0.258 e. The zero-order chi connectivity index (χ0) is 21.4. The third kappa shape index (κ3) is 3.57. The highest BCUT2D eigenvalue weighted by Gasteiger charge is 2.16. The number of fused-ring (bicyclic) bond motifs is 1. The molecular weight excluding hydrogens is 395 g/mol. The van der Waals surface area contributed by atoms with Crippen molar-refractivity contribution in [2.24, 2.45) is 0 Å². The van der Waals surface area contributed by atoms with Gasteiger partial charge in [-0.25, -0.2) is 9.37 Å². The summed E-state index contributed by atoms with van der Waals surface area (Å²) in [4.78, 5) is 16.9. The molecule has 5 rings (SSSR count). The molecule has 1 amide bonds. The molecule has 0 aliphatic rings. The predicted molar refractivity (Wildman–Crippen MR) is 116 cm³/mol. The summed E-state index contributed by atoms with van der Waals surface area (Å²) >= 11 is 0. The van der Waals surface area contributed by atoms with Crippen molar-refractivity contribution >= 4 is 22.7 Å². The SMILES string of the molecule is Cc1ccc2nc(-c3cn[nH]c3-c3ccc(NC(=O)c4ccccc4F)cc3)oc2c1. The number of aromatic nitrogens is 3. The van der Waals surface area contributed by atoms with E-state index in [1.54, 1.807) is 30.5 Å². The van der Waals surface area contributed by atoms with E-state index >= 15 is 0 Å². The Balaban J connectivity index is 1.41. The first-order chi connectivity index (χ1) is 15.1. The number of aryl methyl sites for hydroxylation is 1. The van der Waals surface area contributed by atoms with Crippen molar-refractivity contribution in [1.29, 1.82) is 0 Å². The molecule has 0 spiro atoms. The number of hydrogen-bond acceptors (Lipinski definition) is 4. The van der Waals surface area contributed by atoms with Crippen LogP contribution in [0.25, 0.3) is 33.8 Å². The number of nitrogens with one attached hydrogen (secondary N) is 2. The largest absolute Gasteiger partial charge is 0.436 e. The molecular formula is C24H17FN4O2. The Morgan fingerprint density at radius 3 is 2.68 bits per heavy atom. The van der Waals surface area contributed by atoms with Crippen LogP contribution in [-0.2, 0) is 0 Å². The lowest BCUT2D eigenvalue weighted by atomic mass is 10.1.